The van der Waals surface area contributed by atoms with E-state index in [4.69, 9.17) is 25.3 Å². The lowest BCUT2D eigenvalue weighted by Gasteiger charge is -2.41. The number of primary amides is 1. The van der Waals surface area contributed by atoms with E-state index in [-0.39, 0.29) is 36.6 Å². The third-order valence-electron chi connectivity index (χ3n) is 9.16. The van der Waals surface area contributed by atoms with Gasteiger partial charge in [0.15, 0.2) is 0 Å². The van der Waals surface area contributed by atoms with E-state index in [1.807, 2.05) is 23.9 Å². The second-order valence-electron chi connectivity index (χ2n) is 12.7. The van der Waals surface area contributed by atoms with E-state index < -0.39 is 17.3 Å². The van der Waals surface area contributed by atoms with E-state index in [1.54, 1.807) is 24.3 Å². The van der Waals surface area contributed by atoms with Crippen LogP contribution in [0.15, 0.2) is 48.7 Å². The molecule has 0 unspecified atom stereocenters. The number of fused-ring (bicyclic) bond motifs is 1. The zero-order chi connectivity index (χ0) is 32.0. The van der Waals surface area contributed by atoms with Crippen molar-refractivity contribution in [3.8, 4) is 22.8 Å². The molecule has 1 atom stereocenters. The molecule has 46 heavy (non-hydrogen) atoms. The van der Waals surface area contributed by atoms with E-state index in [9.17, 15) is 19.1 Å². The van der Waals surface area contributed by atoms with Crippen molar-refractivity contribution in [1.82, 2.24) is 20.1 Å². The molecule has 11 heteroatoms. The van der Waals surface area contributed by atoms with Crippen LogP contribution < -0.4 is 20.5 Å². The molecule has 2 aromatic carbocycles. The Morgan fingerprint density at radius 3 is 2.50 bits per heavy atom. The molecule has 0 bridgehead atoms. The van der Waals surface area contributed by atoms with Crippen molar-refractivity contribution in [2.75, 3.05) is 13.2 Å². The summed E-state index contributed by atoms with van der Waals surface area (Å²) in [5, 5.41) is 20.9. The second kappa shape index (κ2) is 12.0. The Hall–Kier alpha value is -4.51. The highest BCUT2D eigenvalue weighted by Gasteiger charge is 2.44. The second-order valence-corrected chi connectivity index (χ2v) is 12.7. The van der Waals surface area contributed by atoms with Gasteiger partial charge in [0.1, 0.15) is 34.1 Å². The summed E-state index contributed by atoms with van der Waals surface area (Å²) in [6, 6.07) is 11.4. The van der Waals surface area contributed by atoms with Gasteiger partial charge < -0.3 is 25.6 Å². The van der Waals surface area contributed by atoms with E-state index in [0.717, 1.165) is 55.8 Å². The first-order chi connectivity index (χ1) is 22.2. The summed E-state index contributed by atoms with van der Waals surface area (Å²) in [6.45, 7) is 1.99. The van der Waals surface area contributed by atoms with Gasteiger partial charge in [-0.05, 0) is 93.8 Å². The van der Waals surface area contributed by atoms with Crippen LogP contribution in [0.2, 0.25) is 0 Å². The fourth-order valence-corrected chi connectivity index (χ4v) is 6.12. The molecule has 3 aliphatic rings. The van der Waals surface area contributed by atoms with Crippen molar-refractivity contribution in [2.45, 2.75) is 76.0 Å². The van der Waals surface area contributed by atoms with E-state index in [0.29, 0.717) is 46.5 Å². The molecule has 10 nitrogen and oxygen atoms in total. The number of benzene rings is 2. The van der Waals surface area contributed by atoms with Gasteiger partial charge in [0.25, 0.3) is 5.91 Å². The number of ether oxygens (including phenoxy) is 2. The Morgan fingerprint density at radius 2 is 1.87 bits per heavy atom. The monoisotopic (exact) mass is 627 g/mol. The topological polar surface area (TPSA) is 142 Å². The molecular weight excluding hydrogens is 589 g/mol. The molecule has 4 aromatic rings. The van der Waals surface area contributed by atoms with Crippen LogP contribution in [-0.4, -0.2) is 50.9 Å². The molecule has 2 aromatic heterocycles. The van der Waals surface area contributed by atoms with Gasteiger partial charge in [-0.15, -0.1) is 0 Å². The van der Waals surface area contributed by atoms with Crippen LogP contribution >= 0.6 is 0 Å². The fraction of sp³-hybridized carbons (Fsp3) is 0.429. The summed E-state index contributed by atoms with van der Waals surface area (Å²) in [4.78, 5) is 30.8. The number of nitrogens with one attached hydrogen (secondary N) is 1. The summed E-state index contributed by atoms with van der Waals surface area (Å²) in [6.07, 6.45) is 8.48. The quantitative estimate of drug-likeness (QED) is 0.190. The lowest BCUT2D eigenvalue weighted by atomic mass is 9.70. The third kappa shape index (κ3) is 6.03. The SMILES string of the molecule is CCOc1c(CC(N)=O)cc([C@@](O)(CNC(=O)c2cc(OC3CC3)c3nn(C4CC4)cc3c2)C2CCC2)nc1-c1ccc(F)cc1. The van der Waals surface area contributed by atoms with Crippen molar-refractivity contribution >= 4 is 22.7 Å². The molecule has 3 saturated carbocycles. The average Bonchev–Trinajstić information content (AvgIpc) is 3.95. The highest BCUT2D eigenvalue weighted by molar-refractivity contribution is 6.00. The number of pyridine rings is 1. The molecule has 240 valence electrons. The van der Waals surface area contributed by atoms with Gasteiger partial charge in [-0.3, -0.25) is 14.3 Å². The Labute approximate surface area is 266 Å². The molecule has 0 saturated heterocycles. The van der Waals surface area contributed by atoms with Crippen LogP contribution in [0.3, 0.4) is 0 Å². The van der Waals surface area contributed by atoms with E-state index >= 15 is 0 Å². The number of hydrogen-bond acceptors (Lipinski definition) is 7. The van der Waals surface area contributed by atoms with Gasteiger partial charge in [0.2, 0.25) is 5.91 Å². The number of nitrogens with two attached hydrogens (primary N) is 1. The van der Waals surface area contributed by atoms with Crippen LogP contribution in [0.5, 0.6) is 11.5 Å². The summed E-state index contributed by atoms with van der Waals surface area (Å²) in [7, 11) is 0. The molecule has 0 radical (unpaired) electrons. The van der Waals surface area contributed by atoms with E-state index in [2.05, 4.69) is 5.32 Å². The third-order valence-corrected chi connectivity index (χ3v) is 9.16. The number of aliphatic hydroxyl groups is 1. The highest BCUT2D eigenvalue weighted by Crippen LogP contribution is 2.44. The number of carbonyl (C=O) groups is 2. The number of halogens is 1. The lowest BCUT2D eigenvalue weighted by Crippen LogP contribution is -2.49. The number of carbonyl (C=O) groups excluding carboxylic acids is 2. The Bertz CT molecular complexity index is 1800. The Balaban J connectivity index is 1.24. The fourth-order valence-electron chi connectivity index (χ4n) is 6.12. The van der Waals surface area contributed by atoms with Gasteiger partial charge in [0.05, 0.1) is 37.4 Å². The summed E-state index contributed by atoms with van der Waals surface area (Å²) in [5.74, 6) is -0.594. The predicted molar refractivity (Wildman–Crippen MR) is 169 cm³/mol. The standard InChI is InChI=1S/C35H38FN5O5/c1-2-45-33-21(17-30(37)42)16-29(39-32(33)20-6-8-25(36)9-7-20)35(44,24-4-3-5-24)19-38-34(43)22-14-23-18-41(26-10-11-26)40-31(23)28(15-22)46-27-12-13-27/h6-9,14-16,18,24,26-27,44H,2-5,10-13,17,19H2,1H3,(H2,37,42)(H,38,43)/t35-/m1/s1. The summed E-state index contributed by atoms with van der Waals surface area (Å²) in [5.41, 5.74) is 6.89. The molecular formula is C35H38FN5O5. The van der Waals surface area contributed by atoms with Crippen LogP contribution in [0.4, 0.5) is 4.39 Å². The predicted octanol–water partition coefficient (Wildman–Crippen LogP) is 4.96. The van der Waals surface area contributed by atoms with Crippen molar-refractivity contribution in [3.63, 3.8) is 0 Å². The summed E-state index contributed by atoms with van der Waals surface area (Å²) >= 11 is 0. The van der Waals surface area contributed by atoms with Gasteiger partial charge in [-0.2, -0.15) is 5.10 Å². The molecule has 0 aliphatic heterocycles. The highest BCUT2D eigenvalue weighted by atomic mass is 19.1. The first-order valence-corrected chi connectivity index (χ1v) is 16.1. The molecule has 7 rings (SSSR count). The number of hydrogen-bond donors (Lipinski definition) is 3. The average molecular weight is 628 g/mol. The van der Waals surface area contributed by atoms with Crippen molar-refractivity contribution < 1.29 is 28.6 Å². The minimum Gasteiger partial charge on any atom is -0.491 e. The summed E-state index contributed by atoms with van der Waals surface area (Å²) < 4.78 is 27.9. The molecule has 0 spiro atoms. The van der Waals surface area contributed by atoms with Crippen LogP contribution in [-0.2, 0) is 16.8 Å². The van der Waals surface area contributed by atoms with E-state index in [1.165, 1.54) is 12.1 Å². The minimum absolute atomic E-state index is 0.117. The zero-order valence-corrected chi connectivity index (χ0v) is 25.8. The number of rotatable bonds is 13. The minimum atomic E-state index is -1.56. The van der Waals surface area contributed by atoms with Crippen molar-refractivity contribution in [3.05, 3.63) is 71.3 Å². The van der Waals surface area contributed by atoms with Crippen LogP contribution in [0.25, 0.3) is 22.2 Å². The lowest BCUT2D eigenvalue weighted by molar-refractivity contribution is -0.117. The Kier molecular flexibility index (Phi) is 7.88. The number of aromatic nitrogens is 3. The van der Waals surface area contributed by atoms with Crippen molar-refractivity contribution in [2.24, 2.45) is 11.7 Å². The Morgan fingerprint density at radius 1 is 1.11 bits per heavy atom. The molecule has 3 aliphatic carbocycles. The van der Waals surface area contributed by atoms with Crippen LogP contribution in [0.1, 0.15) is 79.5 Å². The molecule has 4 N–H and O–H groups in total. The van der Waals surface area contributed by atoms with Gasteiger partial charge >= 0.3 is 0 Å². The van der Waals surface area contributed by atoms with Gasteiger partial charge in [-0.1, -0.05) is 6.42 Å². The maximum atomic E-state index is 13.9. The maximum Gasteiger partial charge on any atom is 0.251 e. The number of nitrogens with zero attached hydrogens (tertiary/aromatic N) is 3. The number of amides is 2. The molecule has 2 amide bonds. The normalized spacial score (nSPS) is 17.7. The molecule has 3 fully saturated rings. The zero-order valence-electron chi connectivity index (χ0n) is 25.8. The van der Waals surface area contributed by atoms with Gasteiger partial charge in [0, 0.05) is 28.3 Å². The first-order valence-electron chi connectivity index (χ1n) is 16.1. The maximum absolute atomic E-state index is 13.9. The first kappa shape index (κ1) is 30.2. The van der Waals surface area contributed by atoms with Crippen molar-refractivity contribution in [1.29, 1.82) is 0 Å². The molecule has 2 heterocycles. The van der Waals surface area contributed by atoms with Gasteiger partial charge in [-0.25, -0.2) is 9.37 Å². The van der Waals surface area contributed by atoms with Crippen LogP contribution in [0, 0.1) is 11.7 Å². The largest absolute Gasteiger partial charge is 0.491 e. The smallest absolute Gasteiger partial charge is 0.251 e.